The van der Waals surface area contributed by atoms with Crippen LogP contribution in [-0.4, -0.2) is 4.98 Å². The smallest absolute Gasteiger partial charge is 0.129 e. The molecule has 1 nitrogen and oxygen atoms in total. The molecule has 0 amide bonds. The fourth-order valence-corrected chi connectivity index (χ4v) is 3.63. The monoisotopic (exact) mass is 469 g/mol. The van der Waals surface area contributed by atoms with Crippen LogP contribution < -0.4 is 0 Å². The van der Waals surface area contributed by atoms with Crippen LogP contribution in [0.5, 0.6) is 0 Å². The van der Waals surface area contributed by atoms with Gasteiger partial charge in [-0.05, 0) is 42.0 Å². The van der Waals surface area contributed by atoms with E-state index in [-0.39, 0.29) is 10.0 Å². The van der Waals surface area contributed by atoms with Gasteiger partial charge in [-0.3, -0.25) is 0 Å². The van der Waals surface area contributed by atoms with E-state index < -0.39 is 0 Å². The quantitative estimate of drug-likeness (QED) is 0.268. The van der Waals surface area contributed by atoms with Crippen LogP contribution >= 0.6 is 81.2 Å². The summed E-state index contributed by atoms with van der Waals surface area (Å²) in [5, 5.41) is 2.15. The number of nitrogens with zero attached hydrogens (tertiary/aromatic N) is 1. The Morgan fingerprint density at radius 2 is 1.00 bits per heavy atom. The van der Waals surface area contributed by atoms with Crippen molar-refractivity contribution < 1.29 is 0 Å². The normalized spacial score (nSPS) is 11.0. The topological polar surface area (TPSA) is 12.9 Å². The lowest BCUT2D eigenvalue weighted by Crippen LogP contribution is -1.91. The maximum absolute atomic E-state index is 6.15. The molecule has 3 aromatic rings. The zero-order chi connectivity index (χ0) is 18.3. The summed E-state index contributed by atoms with van der Waals surface area (Å²) in [6.45, 7) is 0. The summed E-state index contributed by atoms with van der Waals surface area (Å²) in [4.78, 5) is 4.40. The summed E-state index contributed by atoms with van der Waals surface area (Å²) < 4.78 is 0. The van der Waals surface area contributed by atoms with Gasteiger partial charge in [-0.25, -0.2) is 4.98 Å². The SMILES string of the molecule is Clc1ccc(-c2cc(Cl)c(Cl)c(Cl)c2)c(-c2cc(Cl)c(Cl)c(Cl)c2)n1. The predicted octanol–water partition coefficient (Wildman–Crippen LogP) is 8.99. The van der Waals surface area contributed by atoms with Gasteiger partial charge in [0.15, 0.2) is 0 Å². The molecule has 128 valence electrons. The summed E-state index contributed by atoms with van der Waals surface area (Å²) in [7, 11) is 0. The van der Waals surface area contributed by atoms with E-state index in [9.17, 15) is 0 Å². The molecule has 0 N–H and O–H groups in total. The predicted molar refractivity (Wildman–Crippen MR) is 110 cm³/mol. The van der Waals surface area contributed by atoms with Gasteiger partial charge >= 0.3 is 0 Å². The Kier molecular flexibility index (Phi) is 5.97. The van der Waals surface area contributed by atoms with E-state index in [4.69, 9.17) is 81.2 Å². The van der Waals surface area contributed by atoms with Crippen molar-refractivity contribution in [3.05, 3.63) is 71.7 Å². The van der Waals surface area contributed by atoms with Crippen molar-refractivity contribution in [2.24, 2.45) is 0 Å². The van der Waals surface area contributed by atoms with Gasteiger partial charge in [0.2, 0.25) is 0 Å². The highest BCUT2D eigenvalue weighted by Gasteiger charge is 2.16. The zero-order valence-electron chi connectivity index (χ0n) is 12.1. The molecule has 3 rings (SSSR count). The Morgan fingerprint density at radius 3 is 1.48 bits per heavy atom. The van der Waals surface area contributed by atoms with Crippen LogP contribution in [0.2, 0.25) is 35.3 Å². The lowest BCUT2D eigenvalue weighted by molar-refractivity contribution is 1.32. The molecule has 0 aliphatic carbocycles. The molecule has 0 fully saturated rings. The molecular formula is C17H6Cl7N. The first-order chi connectivity index (χ1) is 11.8. The van der Waals surface area contributed by atoms with E-state index in [1.165, 1.54) is 0 Å². The molecular weight excluding hydrogens is 466 g/mol. The maximum Gasteiger partial charge on any atom is 0.129 e. The second-order valence-electron chi connectivity index (χ2n) is 5.04. The van der Waals surface area contributed by atoms with E-state index in [0.29, 0.717) is 36.5 Å². The molecule has 0 bridgehead atoms. The average Bonchev–Trinajstić information content (AvgIpc) is 2.56. The van der Waals surface area contributed by atoms with E-state index >= 15 is 0 Å². The highest BCUT2D eigenvalue weighted by Crippen LogP contribution is 2.41. The number of hydrogen-bond acceptors (Lipinski definition) is 1. The van der Waals surface area contributed by atoms with E-state index in [2.05, 4.69) is 4.98 Å². The molecule has 1 heterocycles. The molecule has 0 spiro atoms. The van der Waals surface area contributed by atoms with Gasteiger partial charge in [-0.2, -0.15) is 0 Å². The van der Waals surface area contributed by atoms with Gasteiger partial charge in [-0.1, -0.05) is 81.2 Å². The number of halogens is 7. The lowest BCUT2D eigenvalue weighted by atomic mass is 9.99. The lowest BCUT2D eigenvalue weighted by Gasteiger charge is -2.13. The Balaban J connectivity index is 2.27. The van der Waals surface area contributed by atoms with Crippen molar-refractivity contribution in [2.45, 2.75) is 0 Å². The first kappa shape index (κ1) is 19.4. The van der Waals surface area contributed by atoms with Crippen LogP contribution in [-0.2, 0) is 0 Å². The summed E-state index contributed by atoms with van der Waals surface area (Å²) in [5.41, 5.74) is 2.67. The number of pyridine rings is 1. The van der Waals surface area contributed by atoms with Gasteiger partial charge in [0.1, 0.15) is 5.15 Å². The van der Waals surface area contributed by atoms with E-state index in [1.54, 1.807) is 36.4 Å². The summed E-state index contributed by atoms with van der Waals surface area (Å²) >= 11 is 42.7. The average molecular weight is 472 g/mol. The van der Waals surface area contributed by atoms with Gasteiger partial charge in [-0.15, -0.1) is 0 Å². The second-order valence-corrected chi connectivity index (χ2v) is 7.81. The molecule has 0 unspecified atom stereocenters. The van der Waals surface area contributed by atoms with Crippen LogP contribution in [0.4, 0.5) is 0 Å². The van der Waals surface area contributed by atoms with Crippen LogP contribution in [0.25, 0.3) is 22.4 Å². The highest BCUT2D eigenvalue weighted by atomic mass is 35.5. The second kappa shape index (κ2) is 7.70. The van der Waals surface area contributed by atoms with Gasteiger partial charge in [0.25, 0.3) is 0 Å². The molecule has 0 saturated carbocycles. The fraction of sp³-hybridized carbons (Fsp3) is 0. The van der Waals surface area contributed by atoms with Crippen molar-refractivity contribution >= 4 is 81.2 Å². The molecule has 0 aliphatic heterocycles. The number of aromatic nitrogens is 1. The van der Waals surface area contributed by atoms with Crippen molar-refractivity contribution in [2.75, 3.05) is 0 Å². The number of hydrogen-bond donors (Lipinski definition) is 0. The van der Waals surface area contributed by atoms with Gasteiger partial charge in [0, 0.05) is 11.1 Å². The molecule has 8 heteroatoms. The first-order valence-corrected chi connectivity index (χ1v) is 9.39. The van der Waals surface area contributed by atoms with Crippen molar-refractivity contribution in [3.8, 4) is 22.4 Å². The van der Waals surface area contributed by atoms with Crippen molar-refractivity contribution in [1.82, 2.24) is 4.98 Å². The molecule has 2 aromatic carbocycles. The summed E-state index contributed by atoms with van der Waals surface area (Å²) in [5.74, 6) is 0. The molecule has 0 radical (unpaired) electrons. The highest BCUT2D eigenvalue weighted by molar-refractivity contribution is 6.49. The molecule has 0 atom stereocenters. The Labute approximate surface area is 179 Å². The van der Waals surface area contributed by atoms with E-state index in [0.717, 1.165) is 11.1 Å². The first-order valence-electron chi connectivity index (χ1n) is 6.74. The largest absolute Gasteiger partial charge is 0.235 e. The standard InChI is InChI=1S/C17H6Cl7N/c18-10-3-7(4-11(19)15(10)23)9-1-2-14(22)25-17(9)8-5-12(20)16(24)13(21)6-8/h1-6H. The minimum atomic E-state index is 0.272. The van der Waals surface area contributed by atoms with Crippen LogP contribution in [0.3, 0.4) is 0 Å². The van der Waals surface area contributed by atoms with Gasteiger partial charge < -0.3 is 0 Å². The van der Waals surface area contributed by atoms with Crippen LogP contribution in [0, 0.1) is 0 Å². The van der Waals surface area contributed by atoms with Gasteiger partial charge in [0.05, 0.1) is 35.8 Å². The molecule has 0 aliphatic rings. The van der Waals surface area contributed by atoms with Crippen LogP contribution in [0.1, 0.15) is 0 Å². The summed E-state index contributed by atoms with van der Waals surface area (Å²) in [6, 6.07) is 10.2. The minimum absolute atomic E-state index is 0.272. The number of benzene rings is 2. The third-order valence-electron chi connectivity index (χ3n) is 3.41. The molecule has 25 heavy (non-hydrogen) atoms. The van der Waals surface area contributed by atoms with Crippen molar-refractivity contribution in [3.63, 3.8) is 0 Å². The number of rotatable bonds is 2. The third kappa shape index (κ3) is 3.99. The Bertz CT molecular complexity index is 939. The minimum Gasteiger partial charge on any atom is -0.235 e. The third-order valence-corrected chi connectivity index (χ3v) is 6.02. The molecule has 0 saturated heterocycles. The van der Waals surface area contributed by atoms with Crippen molar-refractivity contribution in [1.29, 1.82) is 0 Å². The van der Waals surface area contributed by atoms with Crippen LogP contribution in [0.15, 0.2) is 36.4 Å². The van der Waals surface area contributed by atoms with E-state index in [1.807, 2.05) is 0 Å². The zero-order valence-corrected chi connectivity index (χ0v) is 17.3. The summed E-state index contributed by atoms with van der Waals surface area (Å²) in [6.07, 6.45) is 0. The fourth-order valence-electron chi connectivity index (χ4n) is 2.29. The maximum atomic E-state index is 6.15. The Morgan fingerprint density at radius 1 is 0.560 bits per heavy atom. The molecule has 1 aromatic heterocycles. The Hall–Kier alpha value is -0.380.